The van der Waals surface area contributed by atoms with E-state index in [1.54, 1.807) is 12.1 Å². The Bertz CT molecular complexity index is 424. The molecule has 0 atom stereocenters. The first-order valence-electron chi connectivity index (χ1n) is 4.17. The number of H-pyrrole nitrogens is 1. The minimum atomic E-state index is 0. The summed E-state index contributed by atoms with van der Waals surface area (Å²) in [4.78, 5) is 4.19. The van der Waals surface area contributed by atoms with Crippen molar-refractivity contribution in [3.63, 3.8) is 0 Å². The van der Waals surface area contributed by atoms with E-state index in [1.807, 2.05) is 12.1 Å². The van der Waals surface area contributed by atoms with Gasteiger partial charge < -0.3 is 5.73 Å². The molecular weight excluding hydrogens is 235 g/mol. The van der Waals surface area contributed by atoms with Crippen LogP contribution >= 0.6 is 24.0 Å². The van der Waals surface area contributed by atoms with Crippen LogP contribution in [0.5, 0.6) is 0 Å². The summed E-state index contributed by atoms with van der Waals surface area (Å²) >= 11 is 5.76. The molecule has 0 spiro atoms. The summed E-state index contributed by atoms with van der Waals surface area (Å²) < 4.78 is 0. The zero-order chi connectivity index (χ0) is 9.97. The smallest absolute Gasteiger partial charge is 0.181 e. The average molecular weight is 245 g/mol. The van der Waals surface area contributed by atoms with Gasteiger partial charge in [-0.15, -0.1) is 12.4 Å². The standard InChI is InChI=1S/C9H9ClN4.ClH/c10-7-3-1-6(2-4-7)9-12-8(5-11)13-14-9;/h1-4H,5,11H2,(H,12,13,14);1H. The number of aromatic amines is 1. The summed E-state index contributed by atoms with van der Waals surface area (Å²) in [5.41, 5.74) is 6.33. The normalized spacial score (nSPS) is 9.73. The molecule has 0 aliphatic heterocycles. The predicted molar refractivity (Wildman–Crippen MR) is 62.0 cm³/mol. The van der Waals surface area contributed by atoms with E-state index in [9.17, 15) is 0 Å². The van der Waals surface area contributed by atoms with Gasteiger partial charge in [-0.05, 0) is 24.3 Å². The van der Waals surface area contributed by atoms with Gasteiger partial charge >= 0.3 is 0 Å². The summed E-state index contributed by atoms with van der Waals surface area (Å²) in [6.07, 6.45) is 0. The molecule has 0 fully saturated rings. The third-order valence-corrected chi connectivity index (χ3v) is 2.08. The summed E-state index contributed by atoms with van der Waals surface area (Å²) in [5, 5.41) is 7.47. The van der Waals surface area contributed by atoms with Gasteiger partial charge in [0.2, 0.25) is 0 Å². The van der Waals surface area contributed by atoms with Crippen molar-refractivity contribution in [1.29, 1.82) is 0 Å². The fraction of sp³-hybridized carbons (Fsp3) is 0.111. The van der Waals surface area contributed by atoms with E-state index >= 15 is 0 Å². The molecule has 0 unspecified atom stereocenters. The highest BCUT2D eigenvalue weighted by Crippen LogP contribution is 2.17. The zero-order valence-electron chi connectivity index (χ0n) is 7.77. The number of hydrogen-bond acceptors (Lipinski definition) is 3. The molecule has 2 aromatic rings. The van der Waals surface area contributed by atoms with E-state index in [0.29, 0.717) is 23.2 Å². The fourth-order valence-electron chi connectivity index (χ4n) is 1.11. The number of rotatable bonds is 2. The van der Waals surface area contributed by atoms with Crippen molar-refractivity contribution < 1.29 is 0 Å². The second-order valence-corrected chi connectivity index (χ2v) is 3.25. The van der Waals surface area contributed by atoms with Crippen LogP contribution in [0, 0.1) is 0 Å². The van der Waals surface area contributed by atoms with E-state index in [2.05, 4.69) is 15.2 Å². The summed E-state index contributed by atoms with van der Waals surface area (Å²) in [6, 6.07) is 7.34. The molecule has 0 aliphatic carbocycles. The number of benzene rings is 1. The van der Waals surface area contributed by atoms with Crippen molar-refractivity contribution in [1.82, 2.24) is 15.2 Å². The SMILES string of the molecule is Cl.NCc1nc(-c2ccc(Cl)cc2)n[nH]1. The van der Waals surface area contributed by atoms with Crippen molar-refractivity contribution in [2.24, 2.45) is 5.73 Å². The van der Waals surface area contributed by atoms with Crippen LogP contribution < -0.4 is 5.73 Å². The zero-order valence-corrected chi connectivity index (χ0v) is 9.35. The second kappa shape index (κ2) is 5.11. The number of nitrogens with two attached hydrogens (primary N) is 1. The largest absolute Gasteiger partial charge is 0.324 e. The van der Waals surface area contributed by atoms with E-state index in [1.165, 1.54) is 0 Å². The van der Waals surface area contributed by atoms with E-state index in [-0.39, 0.29) is 12.4 Å². The van der Waals surface area contributed by atoms with Gasteiger partial charge in [0.25, 0.3) is 0 Å². The Morgan fingerprint density at radius 3 is 2.47 bits per heavy atom. The van der Waals surface area contributed by atoms with Crippen molar-refractivity contribution in [2.45, 2.75) is 6.54 Å². The molecule has 0 saturated heterocycles. The third kappa shape index (κ3) is 2.68. The molecule has 1 aromatic carbocycles. The van der Waals surface area contributed by atoms with E-state index in [0.717, 1.165) is 5.56 Å². The van der Waals surface area contributed by atoms with Gasteiger partial charge in [0.05, 0.1) is 6.54 Å². The highest BCUT2D eigenvalue weighted by molar-refractivity contribution is 6.30. The van der Waals surface area contributed by atoms with Gasteiger partial charge in [0, 0.05) is 10.6 Å². The third-order valence-electron chi connectivity index (χ3n) is 1.83. The Labute approximate surface area is 98.3 Å². The van der Waals surface area contributed by atoms with Crippen LogP contribution in [0.4, 0.5) is 0 Å². The van der Waals surface area contributed by atoms with Crippen LogP contribution in [0.2, 0.25) is 5.02 Å². The summed E-state index contributed by atoms with van der Waals surface area (Å²) in [5.74, 6) is 1.32. The highest BCUT2D eigenvalue weighted by Gasteiger charge is 2.03. The fourth-order valence-corrected chi connectivity index (χ4v) is 1.24. The maximum absolute atomic E-state index is 5.76. The topological polar surface area (TPSA) is 67.6 Å². The monoisotopic (exact) mass is 244 g/mol. The highest BCUT2D eigenvalue weighted by atomic mass is 35.5. The van der Waals surface area contributed by atoms with Crippen molar-refractivity contribution >= 4 is 24.0 Å². The van der Waals surface area contributed by atoms with Crippen LogP contribution in [0.1, 0.15) is 5.82 Å². The lowest BCUT2D eigenvalue weighted by Gasteiger charge is -1.93. The first kappa shape index (κ1) is 12.0. The van der Waals surface area contributed by atoms with Gasteiger partial charge in [-0.2, -0.15) is 5.10 Å². The van der Waals surface area contributed by atoms with Crippen molar-refractivity contribution in [2.75, 3.05) is 0 Å². The Kier molecular flexibility index (Phi) is 4.08. The van der Waals surface area contributed by atoms with Gasteiger partial charge in [-0.3, -0.25) is 5.10 Å². The van der Waals surface area contributed by atoms with E-state index in [4.69, 9.17) is 17.3 Å². The molecule has 2 rings (SSSR count). The van der Waals surface area contributed by atoms with Crippen LogP contribution in [0.3, 0.4) is 0 Å². The minimum absolute atomic E-state index is 0. The van der Waals surface area contributed by atoms with E-state index < -0.39 is 0 Å². The number of hydrogen-bond donors (Lipinski definition) is 2. The second-order valence-electron chi connectivity index (χ2n) is 2.82. The lowest BCUT2D eigenvalue weighted by Crippen LogP contribution is -1.97. The molecule has 3 N–H and O–H groups in total. The molecule has 0 radical (unpaired) electrons. The van der Waals surface area contributed by atoms with Gasteiger partial charge in [-0.1, -0.05) is 11.6 Å². The Balaban J connectivity index is 0.00000112. The molecular formula is C9H10Cl2N4. The number of halogens is 2. The quantitative estimate of drug-likeness (QED) is 0.850. The maximum Gasteiger partial charge on any atom is 0.181 e. The summed E-state index contributed by atoms with van der Waals surface area (Å²) in [6.45, 7) is 0.362. The number of aromatic nitrogens is 3. The first-order valence-corrected chi connectivity index (χ1v) is 4.54. The van der Waals surface area contributed by atoms with Gasteiger partial charge in [0.1, 0.15) is 5.82 Å². The van der Waals surface area contributed by atoms with Crippen LogP contribution in [0.25, 0.3) is 11.4 Å². The number of nitrogens with one attached hydrogen (secondary N) is 1. The molecule has 1 aromatic heterocycles. The minimum Gasteiger partial charge on any atom is -0.324 e. The molecule has 80 valence electrons. The first-order chi connectivity index (χ1) is 6.79. The van der Waals surface area contributed by atoms with Crippen LogP contribution in [0.15, 0.2) is 24.3 Å². The Morgan fingerprint density at radius 1 is 1.27 bits per heavy atom. The average Bonchev–Trinajstić information content (AvgIpc) is 2.67. The van der Waals surface area contributed by atoms with Crippen LogP contribution in [-0.4, -0.2) is 15.2 Å². The maximum atomic E-state index is 5.76. The molecule has 6 heteroatoms. The molecule has 0 aliphatic rings. The van der Waals surface area contributed by atoms with Crippen molar-refractivity contribution in [3.8, 4) is 11.4 Å². The molecule has 0 saturated carbocycles. The number of nitrogens with zero attached hydrogens (tertiary/aromatic N) is 2. The lowest BCUT2D eigenvalue weighted by molar-refractivity contribution is 0.917. The molecule has 4 nitrogen and oxygen atoms in total. The summed E-state index contributed by atoms with van der Waals surface area (Å²) in [7, 11) is 0. The Morgan fingerprint density at radius 2 is 1.93 bits per heavy atom. The van der Waals surface area contributed by atoms with Gasteiger partial charge in [0.15, 0.2) is 5.82 Å². The molecule has 0 amide bonds. The van der Waals surface area contributed by atoms with Crippen molar-refractivity contribution in [3.05, 3.63) is 35.1 Å². The van der Waals surface area contributed by atoms with Gasteiger partial charge in [-0.25, -0.2) is 4.98 Å². The molecule has 15 heavy (non-hydrogen) atoms. The lowest BCUT2D eigenvalue weighted by atomic mass is 10.2. The van der Waals surface area contributed by atoms with Crippen LogP contribution in [-0.2, 0) is 6.54 Å². The molecule has 1 heterocycles. The predicted octanol–water partition coefficient (Wildman–Crippen LogP) is 2.01. The molecule has 0 bridgehead atoms. The Hall–Kier alpha value is -1.10.